The summed E-state index contributed by atoms with van der Waals surface area (Å²) in [4.78, 5) is 1.25. The van der Waals surface area contributed by atoms with Gasteiger partial charge in [0.2, 0.25) is 0 Å². The maximum Gasteiger partial charge on any atom is 0.193 e. The van der Waals surface area contributed by atoms with Crippen molar-refractivity contribution < 1.29 is 4.42 Å². The molecule has 2 heterocycles. The van der Waals surface area contributed by atoms with Gasteiger partial charge in [-0.1, -0.05) is 0 Å². The lowest BCUT2D eigenvalue weighted by molar-refractivity contribution is 0.532. The fourth-order valence-electron chi connectivity index (χ4n) is 1.02. The SMILES string of the molecule is Clc1ccc(CSCc2sncc2Br)o1. The molecule has 0 aliphatic carbocycles. The first kappa shape index (κ1) is 11.5. The molecule has 0 fully saturated rings. The van der Waals surface area contributed by atoms with Crippen LogP contribution in [-0.2, 0) is 11.5 Å². The van der Waals surface area contributed by atoms with Crippen LogP contribution >= 0.6 is 50.8 Å². The third-order valence-electron chi connectivity index (χ3n) is 1.70. The van der Waals surface area contributed by atoms with Crippen LogP contribution in [0.2, 0.25) is 5.22 Å². The molecule has 0 amide bonds. The number of thioether (sulfide) groups is 1. The highest BCUT2D eigenvalue weighted by molar-refractivity contribution is 9.10. The molecule has 2 nitrogen and oxygen atoms in total. The molecule has 0 unspecified atom stereocenters. The first-order chi connectivity index (χ1) is 7.25. The van der Waals surface area contributed by atoms with Gasteiger partial charge in [-0.25, -0.2) is 0 Å². The highest BCUT2D eigenvalue weighted by Crippen LogP contribution is 2.27. The summed E-state index contributed by atoms with van der Waals surface area (Å²) in [5.74, 6) is 2.67. The van der Waals surface area contributed by atoms with Gasteiger partial charge >= 0.3 is 0 Å². The summed E-state index contributed by atoms with van der Waals surface area (Å²) in [6.07, 6.45) is 1.82. The third kappa shape index (κ3) is 3.24. The number of halogens is 2. The number of nitrogens with zero attached hydrogens (tertiary/aromatic N) is 1. The van der Waals surface area contributed by atoms with Crippen molar-refractivity contribution >= 4 is 50.8 Å². The molecule has 0 saturated heterocycles. The third-order valence-corrected chi connectivity index (χ3v) is 4.81. The lowest BCUT2D eigenvalue weighted by Crippen LogP contribution is -1.78. The molecule has 0 aliphatic heterocycles. The summed E-state index contributed by atoms with van der Waals surface area (Å²) in [6.45, 7) is 0. The van der Waals surface area contributed by atoms with Crippen molar-refractivity contribution in [3.05, 3.63) is 38.7 Å². The Morgan fingerprint density at radius 2 is 2.33 bits per heavy atom. The van der Waals surface area contributed by atoms with E-state index >= 15 is 0 Å². The summed E-state index contributed by atoms with van der Waals surface area (Å²) < 4.78 is 10.4. The maximum atomic E-state index is 5.67. The van der Waals surface area contributed by atoms with E-state index in [4.69, 9.17) is 16.0 Å². The summed E-state index contributed by atoms with van der Waals surface area (Å²) >= 11 is 12.4. The Morgan fingerprint density at radius 1 is 1.47 bits per heavy atom. The van der Waals surface area contributed by atoms with E-state index in [0.717, 1.165) is 21.7 Å². The van der Waals surface area contributed by atoms with Crippen LogP contribution in [0.3, 0.4) is 0 Å². The van der Waals surface area contributed by atoms with E-state index in [1.54, 1.807) is 17.8 Å². The Morgan fingerprint density at radius 3 is 2.93 bits per heavy atom. The average molecular weight is 325 g/mol. The van der Waals surface area contributed by atoms with E-state index in [-0.39, 0.29) is 0 Å². The van der Waals surface area contributed by atoms with Gasteiger partial charge in [0.05, 0.1) is 16.4 Å². The molecule has 15 heavy (non-hydrogen) atoms. The number of furan rings is 1. The predicted molar refractivity (Wildman–Crippen MR) is 68.5 cm³/mol. The summed E-state index contributed by atoms with van der Waals surface area (Å²) in [7, 11) is 0. The fourth-order valence-corrected chi connectivity index (χ4v) is 3.65. The van der Waals surface area contributed by atoms with Crippen molar-refractivity contribution in [3.63, 3.8) is 0 Å². The van der Waals surface area contributed by atoms with Gasteiger partial charge in [-0.3, -0.25) is 0 Å². The fraction of sp³-hybridized carbons (Fsp3) is 0.222. The predicted octanol–water partition coefficient (Wildman–Crippen LogP) is 4.59. The highest BCUT2D eigenvalue weighted by atomic mass is 79.9. The normalized spacial score (nSPS) is 10.8. The number of hydrogen-bond donors (Lipinski definition) is 0. The first-order valence-corrected chi connectivity index (χ1v) is 7.26. The first-order valence-electron chi connectivity index (χ1n) is 4.16. The van der Waals surface area contributed by atoms with Crippen molar-refractivity contribution in [2.45, 2.75) is 11.5 Å². The topological polar surface area (TPSA) is 26.0 Å². The van der Waals surface area contributed by atoms with E-state index in [9.17, 15) is 0 Å². The molecule has 6 heteroatoms. The zero-order chi connectivity index (χ0) is 10.7. The molecule has 0 saturated carbocycles. The van der Waals surface area contributed by atoms with Crippen LogP contribution in [-0.4, -0.2) is 4.37 Å². The average Bonchev–Trinajstić information content (AvgIpc) is 2.77. The van der Waals surface area contributed by atoms with Crippen molar-refractivity contribution in [1.82, 2.24) is 4.37 Å². The molecule has 0 atom stereocenters. The van der Waals surface area contributed by atoms with Crippen LogP contribution < -0.4 is 0 Å². The van der Waals surface area contributed by atoms with E-state index in [1.807, 2.05) is 12.3 Å². The zero-order valence-corrected chi connectivity index (χ0v) is 11.5. The number of rotatable bonds is 4. The van der Waals surface area contributed by atoms with Gasteiger partial charge in [0.15, 0.2) is 5.22 Å². The minimum Gasteiger partial charge on any atom is -0.449 e. The molecular formula is C9H7BrClNOS2. The van der Waals surface area contributed by atoms with Gasteiger partial charge in [0, 0.05) is 10.6 Å². The lowest BCUT2D eigenvalue weighted by atomic mass is 10.5. The van der Waals surface area contributed by atoms with Gasteiger partial charge < -0.3 is 4.42 Å². The van der Waals surface area contributed by atoms with Crippen LogP contribution in [0.4, 0.5) is 0 Å². The van der Waals surface area contributed by atoms with Gasteiger partial charge in [-0.15, -0.1) is 11.8 Å². The molecule has 0 N–H and O–H groups in total. The van der Waals surface area contributed by atoms with Crippen LogP contribution in [0, 0.1) is 0 Å². The minimum atomic E-state index is 0.449. The van der Waals surface area contributed by atoms with E-state index in [2.05, 4.69) is 20.3 Å². The van der Waals surface area contributed by atoms with Gasteiger partial charge in [0.1, 0.15) is 5.76 Å². The Labute approximate surface area is 109 Å². The summed E-state index contributed by atoms with van der Waals surface area (Å²) in [6, 6.07) is 3.66. The Kier molecular flexibility index (Phi) is 4.13. The Hall–Kier alpha value is 0.0300. The van der Waals surface area contributed by atoms with Crippen LogP contribution in [0.5, 0.6) is 0 Å². The van der Waals surface area contributed by atoms with Gasteiger partial charge in [-0.2, -0.15) is 4.37 Å². The Bertz CT molecular complexity index is 443. The molecule has 80 valence electrons. The van der Waals surface area contributed by atoms with E-state index in [1.165, 1.54) is 16.4 Å². The van der Waals surface area contributed by atoms with Crippen molar-refractivity contribution in [2.24, 2.45) is 0 Å². The molecule has 2 aromatic rings. The second-order valence-electron chi connectivity index (χ2n) is 2.80. The van der Waals surface area contributed by atoms with Gasteiger partial charge in [-0.05, 0) is 51.2 Å². The molecule has 0 aromatic carbocycles. The van der Waals surface area contributed by atoms with Crippen molar-refractivity contribution in [1.29, 1.82) is 0 Å². The van der Waals surface area contributed by atoms with Crippen LogP contribution in [0.15, 0.2) is 27.2 Å². The molecule has 2 rings (SSSR count). The van der Waals surface area contributed by atoms with Gasteiger partial charge in [0.25, 0.3) is 0 Å². The van der Waals surface area contributed by atoms with Crippen molar-refractivity contribution in [3.8, 4) is 0 Å². The minimum absolute atomic E-state index is 0.449. The molecule has 0 aliphatic rings. The largest absolute Gasteiger partial charge is 0.449 e. The summed E-state index contributed by atoms with van der Waals surface area (Å²) in [5, 5.41) is 0.449. The second-order valence-corrected chi connectivity index (χ2v) is 5.89. The molecule has 0 bridgehead atoms. The van der Waals surface area contributed by atoms with Crippen LogP contribution in [0.1, 0.15) is 10.6 Å². The molecular weight excluding hydrogens is 318 g/mol. The highest BCUT2D eigenvalue weighted by Gasteiger charge is 2.04. The van der Waals surface area contributed by atoms with E-state index in [0.29, 0.717) is 5.22 Å². The van der Waals surface area contributed by atoms with Crippen LogP contribution in [0.25, 0.3) is 0 Å². The molecule has 2 aromatic heterocycles. The Balaban J connectivity index is 1.83. The maximum absolute atomic E-state index is 5.67. The zero-order valence-electron chi connectivity index (χ0n) is 7.57. The number of hydrogen-bond acceptors (Lipinski definition) is 4. The smallest absolute Gasteiger partial charge is 0.193 e. The standard InChI is InChI=1S/C9H7BrClNOS2/c10-7-3-12-15-8(7)5-14-4-6-1-2-9(11)13-6/h1-3H,4-5H2. The van der Waals surface area contributed by atoms with E-state index < -0.39 is 0 Å². The quantitative estimate of drug-likeness (QED) is 0.823. The molecule has 0 spiro atoms. The monoisotopic (exact) mass is 323 g/mol. The summed E-state index contributed by atoms with van der Waals surface area (Å²) in [5.41, 5.74) is 0. The van der Waals surface area contributed by atoms with Crippen molar-refractivity contribution in [2.75, 3.05) is 0 Å². The second kappa shape index (κ2) is 5.39. The lowest BCUT2D eigenvalue weighted by Gasteiger charge is -1.96. The number of aromatic nitrogens is 1. The molecule has 0 radical (unpaired) electrons.